The molecular formula is C12H14F3NO. The van der Waals surface area contributed by atoms with Crippen LogP contribution in [0.3, 0.4) is 0 Å². The van der Waals surface area contributed by atoms with E-state index in [1.165, 1.54) is 13.0 Å². The highest BCUT2D eigenvalue weighted by Crippen LogP contribution is 2.31. The van der Waals surface area contributed by atoms with Crippen LogP contribution in [0.5, 0.6) is 0 Å². The lowest BCUT2D eigenvalue weighted by atomic mass is 10.1. The average Bonchev–Trinajstić information content (AvgIpc) is 2.20. The van der Waals surface area contributed by atoms with Crippen LogP contribution in [-0.2, 0) is 11.0 Å². The van der Waals surface area contributed by atoms with E-state index < -0.39 is 11.7 Å². The predicted molar refractivity (Wildman–Crippen MR) is 59.7 cm³/mol. The highest BCUT2D eigenvalue weighted by molar-refractivity contribution is 5.91. The molecule has 0 radical (unpaired) electrons. The fourth-order valence-corrected chi connectivity index (χ4v) is 1.42. The summed E-state index contributed by atoms with van der Waals surface area (Å²) in [7, 11) is 0. The number of nitrogens with one attached hydrogen (secondary N) is 1. The van der Waals surface area contributed by atoms with Gasteiger partial charge in [-0.15, -0.1) is 0 Å². The lowest BCUT2D eigenvalue weighted by Crippen LogP contribution is -2.12. The number of rotatable bonds is 3. The van der Waals surface area contributed by atoms with Crippen molar-refractivity contribution in [2.24, 2.45) is 0 Å². The van der Waals surface area contributed by atoms with E-state index in [-0.39, 0.29) is 5.91 Å². The Balaban J connectivity index is 2.87. The Morgan fingerprint density at radius 1 is 1.35 bits per heavy atom. The lowest BCUT2D eigenvalue weighted by molar-refractivity contribution is -0.137. The number of benzene rings is 1. The smallest absolute Gasteiger partial charge is 0.326 e. The van der Waals surface area contributed by atoms with Gasteiger partial charge in [-0.2, -0.15) is 13.2 Å². The van der Waals surface area contributed by atoms with Gasteiger partial charge >= 0.3 is 6.18 Å². The van der Waals surface area contributed by atoms with E-state index in [2.05, 4.69) is 5.32 Å². The Kier molecular flexibility index (Phi) is 4.15. The first kappa shape index (κ1) is 13.5. The average molecular weight is 245 g/mol. The first-order valence-corrected chi connectivity index (χ1v) is 5.32. The molecular weight excluding hydrogens is 231 g/mol. The first-order chi connectivity index (χ1) is 7.84. The van der Waals surface area contributed by atoms with Crippen LogP contribution < -0.4 is 5.32 Å². The van der Waals surface area contributed by atoms with Gasteiger partial charge in [0.25, 0.3) is 0 Å². The zero-order chi connectivity index (χ0) is 13.1. The van der Waals surface area contributed by atoms with E-state index >= 15 is 0 Å². The van der Waals surface area contributed by atoms with Crippen molar-refractivity contribution in [3.05, 3.63) is 29.3 Å². The molecule has 0 bridgehead atoms. The van der Waals surface area contributed by atoms with Crippen molar-refractivity contribution in [1.82, 2.24) is 0 Å². The third-order valence-corrected chi connectivity index (χ3v) is 2.30. The maximum atomic E-state index is 12.4. The van der Waals surface area contributed by atoms with Crippen LogP contribution in [0.4, 0.5) is 18.9 Å². The van der Waals surface area contributed by atoms with Gasteiger partial charge in [-0.25, -0.2) is 0 Å². The van der Waals surface area contributed by atoms with Crippen molar-refractivity contribution in [2.45, 2.75) is 32.9 Å². The van der Waals surface area contributed by atoms with E-state index in [0.717, 1.165) is 12.1 Å². The minimum atomic E-state index is -4.35. The Labute approximate surface area is 97.8 Å². The van der Waals surface area contributed by atoms with Gasteiger partial charge in [0.2, 0.25) is 5.91 Å². The van der Waals surface area contributed by atoms with E-state index in [0.29, 0.717) is 24.1 Å². The first-order valence-electron chi connectivity index (χ1n) is 5.32. The molecule has 1 rings (SSSR count). The van der Waals surface area contributed by atoms with Gasteiger partial charge in [-0.05, 0) is 37.1 Å². The van der Waals surface area contributed by atoms with Crippen molar-refractivity contribution in [3.8, 4) is 0 Å². The van der Waals surface area contributed by atoms with Gasteiger partial charge in [-0.3, -0.25) is 4.79 Å². The second-order valence-corrected chi connectivity index (χ2v) is 3.83. The van der Waals surface area contributed by atoms with Crippen LogP contribution in [-0.4, -0.2) is 5.91 Å². The number of carbonyl (C=O) groups excluding carboxylic acids is 1. The second kappa shape index (κ2) is 5.21. The minimum Gasteiger partial charge on any atom is -0.326 e. The topological polar surface area (TPSA) is 29.1 Å². The molecule has 94 valence electrons. The van der Waals surface area contributed by atoms with Crippen LogP contribution in [0.1, 0.15) is 30.9 Å². The summed E-state index contributed by atoms with van der Waals surface area (Å²) in [5.74, 6) is -0.185. The summed E-state index contributed by atoms with van der Waals surface area (Å²) in [6, 6.07) is 3.28. The number of anilines is 1. The molecule has 5 heteroatoms. The molecule has 0 unspecified atom stereocenters. The molecule has 0 fully saturated rings. The number of alkyl halides is 3. The fraction of sp³-hybridized carbons (Fsp3) is 0.417. The Hall–Kier alpha value is -1.52. The third kappa shape index (κ3) is 3.76. The highest BCUT2D eigenvalue weighted by Gasteiger charge is 2.30. The molecule has 0 aliphatic rings. The van der Waals surface area contributed by atoms with Crippen LogP contribution in [0.25, 0.3) is 0 Å². The van der Waals surface area contributed by atoms with E-state index in [1.54, 1.807) is 0 Å². The van der Waals surface area contributed by atoms with E-state index in [4.69, 9.17) is 0 Å². The highest BCUT2D eigenvalue weighted by atomic mass is 19.4. The zero-order valence-electron chi connectivity index (χ0n) is 9.69. The summed E-state index contributed by atoms with van der Waals surface area (Å²) in [4.78, 5) is 11.3. The summed E-state index contributed by atoms with van der Waals surface area (Å²) in [5.41, 5.74) is 0.129. The Bertz CT molecular complexity index is 413. The van der Waals surface area contributed by atoms with Crippen molar-refractivity contribution in [3.63, 3.8) is 0 Å². The predicted octanol–water partition coefficient (Wildman–Crippen LogP) is 3.75. The number of hydrogen-bond acceptors (Lipinski definition) is 1. The van der Waals surface area contributed by atoms with Gasteiger partial charge in [0, 0.05) is 12.1 Å². The molecule has 1 aromatic rings. The Morgan fingerprint density at radius 3 is 2.47 bits per heavy atom. The quantitative estimate of drug-likeness (QED) is 0.863. The molecule has 1 aromatic carbocycles. The molecule has 0 spiro atoms. The van der Waals surface area contributed by atoms with Crippen LogP contribution in [0, 0.1) is 6.92 Å². The summed E-state index contributed by atoms with van der Waals surface area (Å²) in [6.07, 6.45) is -3.29. The van der Waals surface area contributed by atoms with Crippen molar-refractivity contribution in [2.75, 3.05) is 5.32 Å². The number of hydrogen-bond donors (Lipinski definition) is 1. The fourth-order valence-electron chi connectivity index (χ4n) is 1.42. The number of amides is 1. The zero-order valence-corrected chi connectivity index (χ0v) is 9.69. The summed E-state index contributed by atoms with van der Waals surface area (Å²) in [5, 5.41) is 2.58. The number of aryl methyl sites for hydroxylation is 1. The SMILES string of the molecule is CCCC(=O)Nc1ccc(C(F)(F)F)cc1C. The molecule has 0 aliphatic heterocycles. The van der Waals surface area contributed by atoms with Gasteiger partial charge in [0.1, 0.15) is 0 Å². The van der Waals surface area contributed by atoms with E-state index in [9.17, 15) is 18.0 Å². The molecule has 0 saturated carbocycles. The number of carbonyl (C=O) groups is 1. The van der Waals surface area contributed by atoms with Crippen molar-refractivity contribution >= 4 is 11.6 Å². The summed E-state index contributed by atoms with van der Waals surface area (Å²) < 4.78 is 37.2. The summed E-state index contributed by atoms with van der Waals surface area (Å²) >= 11 is 0. The lowest BCUT2D eigenvalue weighted by Gasteiger charge is -2.11. The van der Waals surface area contributed by atoms with Gasteiger partial charge in [-0.1, -0.05) is 6.92 Å². The largest absolute Gasteiger partial charge is 0.416 e. The van der Waals surface area contributed by atoms with Crippen LogP contribution in [0.2, 0.25) is 0 Å². The molecule has 1 N–H and O–H groups in total. The summed E-state index contributed by atoms with van der Waals surface area (Å²) in [6.45, 7) is 3.40. The third-order valence-electron chi connectivity index (χ3n) is 2.30. The normalized spacial score (nSPS) is 11.4. The van der Waals surface area contributed by atoms with E-state index in [1.807, 2.05) is 6.92 Å². The molecule has 17 heavy (non-hydrogen) atoms. The molecule has 0 aliphatic carbocycles. The van der Waals surface area contributed by atoms with Crippen molar-refractivity contribution in [1.29, 1.82) is 0 Å². The van der Waals surface area contributed by atoms with Gasteiger partial charge in [0.05, 0.1) is 5.56 Å². The standard InChI is InChI=1S/C12H14F3NO/c1-3-4-11(17)16-10-6-5-9(7-8(10)2)12(13,14)15/h5-7H,3-4H2,1-2H3,(H,16,17). The van der Waals surface area contributed by atoms with Crippen LogP contribution in [0.15, 0.2) is 18.2 Å². The second-order valence-electron chi connectivity index (χ2n) is 3.83. The maximum Gasteiger partial charge on any atom is 0.416 e. The van der Waals surface area contributed by atoms with Gasteiger partial charge < -0.3 is 5.32 Å². The maximum absolute atomic E-state index is 12.4. The molecule has 2 nitrogen and oxygen atoms in total. The van der Waals surface area contributed by atoms with Gasteiger partial charge in [0.15, 0.2) is 0 Å². The molecule has 0 saturated heterocycles. The van der Waals surface area contributed by atoms with Crippen molar-refractivity contribution < 1.29 is 18.0 Å². The molecule has 0 heterocycles. The molecule has 0 aromatic heterocycles. The van der Waals surface area contributed by atoms with Crippen LogP contribution >= 0.6 is 0 Å². The molecule has 1 amide bonds. The Morgan fingerprint density at radius 2 is 2.00 bits per heavy atom. The molecule has 0 atom stereocenters. The minimum absolute atomic E-state index is 0.185. The monoisotopic (exact) mass is 245 g/mol. The number of halogens is 3.